The number of nitrogens with one attached hydrogen (secondary N) is 2. The Morgan fingerprint density at radius 3 is 2.28 bits per heavy atom. The van der Waals surface area contributed by atoms with Gasteiger partial charge in [0.05, 0.1) is 7.11 Å². The molecule has 0 saturated heterocycles. The van der Waals surface area contributed by atoms with Crippen molar-refractivity contribution < 1.29 is 24.2 Å². The summed E-state index contributed by atoms with van der Waals surface area (Å²) in [4.78, 5) is 35.7. The minimum absolute atomic E-state index is 0.0481. The van der Waals surface area contributed by atoms with E-state index in [-0.39, 0.29) is 18.7 Å². The summed E-state index contributed by atoms with van der Waals surface area (Å²) in [6.45, 7) is 2.10. The van der Waals surface area contributed by atoms with E-state index in [2.05, 4.69) is 10.6 Å². The predicted molar refractivity (Wildman–Crippen MR) is 109 cm³/mol. The zero-order chi connectivity index (χ0) is 21.2. The fraction of sp³-hybridized carbons (Fsp3) is 0.227. The first-order valence-electron chi connectivity index (χ1n) is 9.13. The first-order chi connectivity index (χ1) is 13.9. The highest BCUT2D eigenvalue weighted by Gasteiger charge is 2.14. The van der Waals surface area contributed by atoms with Gasteiger partial charge >= 0.3 is 5.97 Å². The molecule has 0 radical (unpaired) electrons. The van der Waals surface area contributed by atoms with Gasteiger partial charge in [-0.05, 0) is 49.2 Å². The van der Waals surface area contributed by atoms with E-state index in [1.54, 1.807) is 49.6 Å². The molecule has 3 N–H and O–H groups in total. The van der Waals surface area contributed by atoms with Crippen LogP contribution in [-0.4, -0.2) is 36.5 Å². The molecule has 152 valence electrons. The van der Waals surface area contributed by atoms with Gasteiger partial charge in [-0.2, -0.15) is 0 Å². The maximum Gasteiger partial charge on any atom is 0.303 e. The molecule has 0 atom stereocenters. The zero-order valence-electron chi connectivity index (χ0n) is 16.4. The van der Waals surface area contributed by atoms with Crippen LogP contribution in [0, 0.1) is 6.92 Å². The molecule has 0 unspecified atom stereocenters. The van der Waals surface area contributed by atoms with Crippen LogP contribution in [0.15, 0.2) is 54.2 Å². The van der Waals surface area contributed by atoms with Crippen molar-refractivity contribution in [3.63, 3.8) is 0 Å². The van der Waals surface area contributed by atoms with Crippen LogP contribution in [0.25, 0.3) is 6.08 Å². The summed E-state index contributed by atoms with van der Waals surface area (Å²) in [5.74, 6) is -1.16. The Balaban J connectivity index is 2.17. The summed E-state index contributed by atoms with van der Waals surface area (Å²) in [6, 6.07) is 14.0. The van der Waals surface area contributed by atoms with Gasteiger partial charge in [0.2, 0.25) is 0 Å². The number of methoxy groups -OCH3 is 1. The Hall–Kier alpha value is -3.61. The number of aliphatic carboxylic acids is 1. The summed E-state index contributed by atoms with van der Waals surface area (Å²) in [6.07, 6.45) is 1.80. The fourth-order valence-corrected chi connectivity index (χ4v) is 2.46. The number of amides is 2. The molecule has 0 aliphatic heterocycles. The van der Waals surface area contributed by atoms with E-state index in [4.69, 9.17) is 9.84 Å². The number of carbonyl (C=O) groups excluding carboxylic acids is 2. The smallest absolute Gasteiger partial charge is 0.303 e. The minimum atomic E-state index is -0.930. The lowest BCUT2D eigenvalue weighted by molar-refractivity contribution is -0.137. The molecule has 0 spiro atoms. The number of ether oxygens (including phenoxy) is 1. The van der Waals surface area contributed by atoms with E-state index >= 15 is 0 Å². The van der Waals surface area contributed by atoms with Gasteiger partial charge < -0.3 is 20.5 Å². The van der Waals surface area contributed by atoms with E-state index in [0.29, 0.717) is 23.3 Å². The van der Waals surface area contributed by atoms with Crippen LogP contribution in [0.1, 0.15) is 34.3 Å². The Kier molecular flexibility index (Phi) is 7.97. The monoisotopic (exact) mass is 396 g/mol. The number of hydrogen-bond donors (Lipinski definition) is 3. The predicted octanol–water partition coefficient (Wildman–Crippen LogP) is 2.76. The number of carbonyl (C=O) groups is 3. The molecule has 7 nitrogen and oxygen atoms in total. The molecule has 0 saturated carbocycles. The highest BCUT2D eigenvalue weighted by Crippen LogP contribution is 2.14. The topological polar surface area (TPSA) is 105 Å². The van der Waals surface area contributed by atoms with Crippen LogP contribution >= 0.6 is 0 Å². The van der Waals surface area contributed by atoms with Crippen molar-refractivity contribution in [1.29, 1.82) is 0 Å². The van der Waals surface area contributed by atoms with Gasteiger partial charge in [-0.25, -0.2) is 0 Å². The van der Waals surface area contributed by atoms with E-state index in [9.17, 15) is 14.4 Å². The van der Waals surface area contributed by atoms with Crippen molar-refractivity contribution in [3.05, 3.63) is 70.9 Å². The molecule has 2 amide bonds. The Bertz CT molecular complexity index is 886. The molecule has 0 heterocycles. The van der Waals surface area contributed by atoms with Gasteiger partial charge in [-0.15, -0.1) is 0 Å². The maximum atomic E-state index is 12.6. The quantitative estimate of drug-likeness (QED) is 0.447. The average molecular weight is 396 g/mol. The second-order valence-electron chi connectivity index (χ2n) is 6.40. The Morgan fingerprint density at radius 2 is 1.69 bits per heavy atom. The Labute approximate surface area is 169 Å². The van der Waals surface area contributed by atoms with Gasteiger partial charge in [-0.3, -0.25) is 14.4 Å². The highest BCUT2D eigenvalue weighted by atomic mass is 16.5. The summed E-state index contributed by atoms with van der Waals surface area (Å²) >= 11 is 0. The summed E-state index contributed by atoms with van der Waals surface area (Å²) in [5.41, 5.74) is 2.21. The molecule has 7 heteroatoms. The molecule has 0 bridgehead atoms. The van der Waals surface area contributed by atoms with Crippen LogP contribution in [-0.2, 0) is 9.59 Å². The van der Waals surface area contributed by atoms with Crippen LogP contribution in [0.3, 0.4) is 0 Å². The van der Waals surface area contributed by atoms with E-state index in [1.165, 1.54) is 0 Å². The zero-order valence-corrected chi connectivity index (χ0v) is 16.4. The van der Waals surface area contributed by atoms with Gasteiger partial charge in [0.15, 0.2) is 0 Å². The summed E-state index contributed by atoms with van der Waals surface area (Å²) in [5, 5.41) is 14.0. The minimum Gasteiger partial charge on any atom is -0.497 e. The lowest BCUT2D eigenvalue weighted by Gasteiger charge is -2.11. The standard InChI is InChI=1S/C22H24N2O5/c1-15-5-9-17(10-6-15)21(27)24-19(22(28)23-13-3-4-20(25)26)14-16-7-11-18(29-2)12-8-16/h5-12,14H,3-4,13H2,1-2H3,(H,23,28)(H,24,27)(H,25,26)/b19-14+. The molecule has 2 aromatic rings. The van der Waals surface area contributed by atoms with Crippen molar-refractivity contribution in [1.82, 2.24) is 10.6 Å². The second kappa shape index (κ2) is 10.7. The molecule has 2 rings (SSSR count). The molecule has 0 aliphatic rings. The number of rotatable bonds is 9. The van der Waals surface area contributed by atoms with Gasteiger partial charge in [0.25, 0.3) is 11.8 Å². The van der Waals surface area contributed by atoms with Crippen molar-refractivity contribution >= 4 is 23.9 Å². The number of carboxylic acid groups (broad SMARTS) is 1. The summed E-state index contributed by atoms with van der Waals surface area (Å²) < 4.78 is 5.12. The van der Waals surface area contributed by atoms with E-state index < -0.39 is 17.8 Å². The second-order valence-corrected chi connectivity index (χ2v) is 6.40. The van der Waals surface area contributed by atoms with E-state index in [0.717, 1.165) is 5.56 Å². The van der Waals surface area contributed by atoms with Crippen molar-refractivity contribution in [2.24, 2.45) is 0 Å². The third kappa shape index (κ3) is 7.14. The SMILES string of the molecule is COc1ccc(/C=C(/NC(=O)c2ccc(C)cc2)C(=O)NCCCC(=O)O)cc1. The Morgan fingerprint density at radius 1 is 1.03 bits per heavy atom. The molecule has 0 aliphatic carbocycles. The van der Waals surface area contributed by atoms with Crippen LogP contribution in [0.4, 0.5) is 0 Å². The molecule has 0 aromatic heterocycles. The summed E-state index contributed by atoms with van der Waals surface area (Å²) in [7, 11) is 1.56. The lowest BCUT2D eigenvalue weighted by atomic mass is 10.1. The number of aryl methyl sites for hydroxylation is 1. The molecule has 29 heavy (non-hydrogen) atoms. The van der Waals surface area contributed by atoms with Crippen molar-refractivity contribution in [2.45, 2.75) is 19.8 Å². The third-order valence-corrected chi connectivity index (χ3v) is 4.09. The van der Waals surface area contributed by atoms with Gasteiger partial charge in [0.1, 0.15) is 11.4 Å². The van der Waals surface area contributed by atoms with Gasteiger partial charge in [-0.1, -0.05) is 29.8 Å². The first-order valence-corrected chi connectivity index (χ1v) is 9.13. The number of hydrogen-bond acceptors (Lipinski definition) is 4. The number of benzene rings is 2. The largest absolute Gasteiger partial charge is 0.497 e. The third-order valence-electron chi connectivity index (χ3n) is 4.09. The first kappa shape index (κ1) is 21.7. The lowest BCUT2D eigenvalue weighted by Crippen LogP contribution is -2.35. The van der Waals surface area contributed by atoms with E-state index in [1.807, 2.05) is 19.1 Å². The van der Waals surface area contributed by atoms with Crippen LogP contribution < -0.4 is 15.4 Å². The van der Waals surface area contributed by atoms with Gasteiger partial charge in [0, 0.05) is 18.5 Å². The maximum absolute atomic E-state index is 12.6. The van der Waals surface area contributed by atoms with Crippen LogP contribution in [0.2, 0.25) is 0 Å². The van der Waals surface area contributed by atoms with Crippen LogP contribution in [0.5, 0.6) is 5.75 Å². The highest BCUT2D eigenvalue weighted by molar-refractivity contribution is 6.05. The average Bonchev–Trinajstić information content (AvgIpc) is 2.71. The number of carboxylic acids is 1. The molecule has 0 fully saturated rings. The molecular weight excluding hydrogens is 372 g/mol. The fourth-order valence-electron chi connectivity index (χ4n) is 2.46. The normalized spacial score (nSPS) is 10.9. The van der Waals surface area contributed by atoms with Crippen molar-refractivity contribution in [2.75, 3.05) is 13.7 Å². The molecular formula is C22H24N2O5. The molecule has 2 aromatic carbocycles. The van der Waals surface area contributed by atoms with Crippen molar-refractivity contribution in [3.8, 4) is 5.75 Å².